The normalized spacial score (nSPS) is 20.9. The first-order valence-electron chi connectivity index (χ1n) is 21.7. The molecule has 6 N–H and O–H groups in total. The molecule has 0 bridgehead atoms. The van der Waals surface area contributed by atoms with Crippen LogP contribution in [0, 0.1) is 35.5 Å². The van der Waals surface area contributed by atoms with Crippen molar-refractivity contribution in [2.75, 3.05) is 39.3 Å². The smallest absolute Gasteiger partial charge is 0.307 e. The third-order valence-electron chi connectivity index (χ3n) is 13.4. The van der Waals surface area contributed by atoms with E-state index in [9.17, 15) is 29.7 Å². The van der Waals surface area contributed by atoms with Crippen molar-refractivity contribution in [1.82, 2.24) is 20.9 Å². The lowest BCUT2D eigenvalue weighted by molar-refractivity contribution is -0.144. The molecule has 0 radical (unpaired) electrons. The van der Waals surface area contributed by atoms with E-state index in [0.717, 1.165) is 88.5 Å². The molecule has 61 heavy (non-hydrogen) atoms. The summed E-state index contributed by atoms with van der Waals surface area (Å²) in [5.41, 5.74) is 4.99. The Morgan fingerprint density at radius 1 is 0.525 bits per heavy atom. The molecule has 3 aromatic heterocycles. The summed E-state index contributed by atoms with van der Waals surface area (Å²) in [5.74, 6) is -2.01. The molecule has 0 saturated carbocycles. The Kier molecular flexibility index (Phi) is 12.0. The molecule has 9 rings (SSSR count). The van der Waals surface area contributed by atoms with E-state index < -0.39 is 35.7 Å². The summed E-state index contributed by atoms with van der Waals surface area (Å²) in [6, 6.07) is 24.0. The molecule has 6 heterocycles. The first-order valence-corrected chi connectivity index (χ1v) is 21.7. The quantitative estimate of drug-likeness (QED) is 0.0538. The van der Waals surface area contributed by atoms with Crippen LogP contribution in [0.1, 0.15) is 53.2 Å². The van der Waals surface area contributed by atoms with Crippen LogP contribution in [-0.2, 0) is 53.3 Å². The van der Waals surface area contributed by atoms with Gasteiger partial charge in [0.15, 0.2) is 0 Å². The number of carboxylic acid groups (broad SMARTS) is 3. The van der Waals surface area contributed by atoms with E-state index in [1.165, 1.54) is 0 Å². The van der Waals surface area contributed by atoms with Gasteiger partial charge in [0.05, 0.1) is 17.8 Å². The minimum absolute atomic E-state index is 0.0415. The predicted molar refractivity (Wildman–Crippen MR) is 229 cm³/mol. The highest BCUT2D eigenvalue weighted by molar-refractivity contribution is 5.84. The fraction of sp³-hybridized carbons (Fsp3) is 0.438. The van der Waals surface area contributed by atoms with Gasteiger partial charge in [0.25, 0.3) is 0 Å². The summed E-state index contributed by atoms with van der Waals surface area (Å²) in [5, 5.41) is 43.1. The van der Waals surface area contributed by atoms with Gasteiger partial charge in [0.2, 0.25) is 0 Å². The molecular weight excluding hydrogens is 777 g/mol. The minimum Gasteiger partial charge on any atom is -0.481 e. The molecular formula is C48H54N4O9. The Bertz CT molecular complexity index is 2240. The van der Waals surface area contributed by atoms with Gasteiger partial charge < -0.3 is 44.5 Å². The van der Waals surface area contributed by atoms with Crippen molar-refractivity contribution in [3.05, 3.63) is 107 Å². The SMILES string of the molecule is O=C(O)[C@@H](Cc1cc2cccc(CN(Cc3cccc4cc(C[C@H](C(=O)O)[C@H]5CCNC5)oc34)Cc3cccc4cc(C[C@H](C(=O)O)[C@H]5CCNC5)oc34)c2o1)[C@H]1CCNC1. The third-order valence-corrected chi connectivity index (χ3v) is 13.4. The van der Waals surface area contributed by atoms with Gasteiger partial charge in [-0.05, 0) is 94.5 Å². The molecule has 3 fully saturated rings. The van der Waals surface area contributed by atoms with Crippen LogP contribution >= 0.6 is 0 Å². The molecule has 0 amide bonds. The molecule has 0 unspecified atom stereocenters. The molecule has 3 aliphatic rings. The van der Waals surface area contributed by atoms with E-state index in [1.807, 2.05) is 72.8 Å². The average molecular weight is 831 g/mol. The van der Waals surface area contributed by atoms with E-state index in [0.29, 0.717) is 75.8 Å². The molecule has 3 aromatic carbocycles. The number of rotatable bonds is 18. The van der Waals surface area contributed by atoms with Gasteiger partial charge in [0, 0.05) is 71.7 Å². The number of carbonyl (C=O) groups is 3. The van der Waals surface area contributed by atoms with Crippen LogP contribution in [0.15, 0.2) is 86.0 Å². The highest BCUT2D eigenvalue weighted by atomic mass is 16.4. The van der Waals surface area contributed by atoms with Crippen molar-refractivity contribution in [3.8, 4) is 0 Å². The second kappa shape index (κ2) is 17.9. The highest BCUT2D eigenvalue weighted by Crippen LogP contribution is 2.34. The van der Waals surface area contributed by atoms with Gasteiger partial charge in [-0.15, -0.1) is 0 Å². The fourth-order valence-corrected chi connectivity index (χ4v) is 10.2. The number of fused-ring (bicyclic) bond motifs is 3. The van der Waals surface area contributed by atoms with Gasteiger partial charge in [-0.25, -0.2) is 0 Å². The maximum Gasteiger partial charge on any atom is 0.307 e. The minimum atomic E-state index is -0.811. The number of nitrogens with zero attached hydrogens (tertiary/aromatic N) is 1. The van der Waals surface area contributed by atoms with Gasteiger partial charge in [0.1, 0.15) is 34.0 Å². The van der Waals surface area contributed by atoms with Crippen LogP contribution in [0.25, 0.3) is 32.9 Å². The molecule has 13 heteroatoms. The van der Waals surface area contributed by atoms with E-state index in [4.69, 9.17) is 13.3 Å². The maximum atomic E-state index is 12.4. The molecule has 6 aromatic rings. The second-order valence-electron chi connectivity index (χ2n) is 17.5. The number of carboxylic acids is 3. The number of para-hydroxylation sites is 3. The summed E-state index contributed by atoms with van der Waals surface area (Å²) < 4.78 is 19.6. The number of aliphatic carboxylic acids is 3. The van der Waals surface area contributed by atoms with Crippen molar-refractivity contribution < 1.29 is 43.0 Å². The average Bonchev–Trinajstić information content (AvgIpc) is 4.08. The molecule has 320 valence electrons. The molecule has 3 aliphatic heterocycles. The van der Waals surface area contributed by atoms with Crippen LogP contribution in [0.5, 0.6) is 0 Å². The highest BCUT2D eigenvalue weighted by Gasteiger charge is 2.34. The first kappa shape index (κ1) is 40.9. The van der Waals surface area contributed by atoms with Gasteiger partial charge in [-0.2, -0.15) is 0 Å². The Labute approximate surface area is 353 Å². The van der Waals surface area contributed by atoms with E-state index in [1.54, 1.807) is 0 Å². The molecule has 13 nitrogen and oxygen atoms in total. The number of nitrogens with one attached hydrogen (secondary N) is 3. The zero-order valence-electron chi connectivity index (χ0n) is 34.2. The maximum absolute atomic E-state index is 12.4. The monoisotopic (exact) mass is 830 g/mol. The van der Waals surface area contributed by atoms with Crippen LogP contribution in [0.2, 0.25) is 0 Å². The predicted octanol–water partition coefficient (Wildman–Crippen LogP) is 6.69. The van der Waals surface area contributed by atoms with Crippen LogP contribution < -0.4 is 16.0 Å². The van der Waals surface area contributed by atoms with E-state index >= 15 is 0 Å². The lowest BCUT2D eigenvalue weighted by atomic mass is 9.88. The third kappa shape index (κ3) is 8.97. The topological polar surface area (TPSA) is 191 Å². The van der Waals surface area contributed by atoms with Gasteiger partial charge in [-0.3, -0.25) is 19.3 Å². The van der Waals surface area contributed by atoms with Gasteiger partial charge >= 0.3 is 17.9 Å². The largest absolute Gasteiger partial charge is 0.481 e. The summed E-state index contributed by atoms with van der Waals surface area (Å²) >= 11 is 0. The number of furan rings is 3. The van der Waals surface area contributed by atoms with E-state index in [-0.39, 0.29) is 17.8 Å². The lowest BCUT2D eigenvalue weighted by Crippen LogP contribution is -2.27. The summed E-state index contributed by atoms with van der Waals surface area (Å²) in [6.07, 6.45) is 3.39. The van der Waals surface area contributed by atoms with Crippen LogP contribution in [0.4, 0.5) is 0 Å². The number of hydrogen-bond donors (Lipinski definition) is 6. The van der Waals surface area contributed by atoms with Gasteiger partial charge in [-0.1, -0.05) is 54.6 Å². The zero-order valence-corrected chi connectivity index (χ0v) is 34.2. The Morgan fingerprint density at radius 2 is 0.836 bits per heavy atom. The van der Waals surface area contributed by atoms with Crippen LogP contribution in [-0.4, -0.2) is 77.4 Å². The van der Waals surface area contributed by atoms with Crippen molar-refractivity contribution in [3.63, 3.8) is 0 Å². The van der Waals surface area contributed by atoms with Crippen LogP contribution in [0.3, 0.4) is 0 Å². The van der Waals surface area contributed by atoms with Crippen molar-refractivity contribution >= 4 is 50.8 Å². The van der Waals surface area contributed by atoms with Crippen molar-refractivity contribution in [1.29, 1.82) is 0 Å². The standard InChI is InChI=1S/C48H54N4O9/c53-46(54)40(31-10-13-49-22-31)19-37-16-28-4-1-7-34(43(28)59-37)25-52(26-35-8-2-5-29-17-38(60-44(29)35)20-41(47(55)56)32-11-14-50-23-32)27-36-9-3-6-30-18-39(61-45(30)36)21-42(48(57)58)33-12-15-51-24-33/h1-9,16-18,31-33,40-42,49-51H,10-15,19-27H2,(H,53,54)(H,55,56)(H,57,58)/t31-,32-,33-,40-,41-,42-/m0/s1. The molecule has 0 spiro atoms. The molecule has 3 saturated heterocycles. The fourth-order valence-electron chi connectivity index (χ4n) is 10.2. The lowest BCUT2D eigenvalue weighted by Gasteiger charge is -2.23. The second-order valence-corrected chi connectivity index (χ2v) is 17.5. The Hall–Kier alpha value is -5.47. The summed E-state index contributed by atoms with van der Waals surface area (Å²) in [7, 11) is 0. The first-order chi connectivity index (χ1) is 29.7. The Balaban J connectivity index is 1.04. The number of benzene rings is 3. The summed E-state index contributed by atoms with van der Waals surface area (Å²) in [4.78, 5) is 39.5. The molecule has 6 atom stereocenters. The molecule has 0 aliphatic carbocycles. The number of hydrogen-bond acceptors (Lipinski definition) is 10. The zero-order chi connectivity index (χ0) is 42.0. The van der Waals surface area contributed by atoms with E-state index in [2.05, 4.69) is 20.9 Å². The van der Waals surface area contributed by atoms with Crippen molar-refractivity contribution in [2.45, 2.75) is 58.2 Å². The van der Waals surface area contributed by atoms with Crippen molar-refractivity contribution in [2.24, 2.45) is 35.5 Å². The summed E-state index contributed by atoms with van der Waals surface area (Å²) in [6.45, 7) is 5.91. The Morgan fingerprint density at radius 3 is 1.10 bits per heavy atom.